The van der Waals surface area contributed by atoms with Crippen molar-refractivity contribution in [2.24, 2.45) is 13.0 Å². The van der Waals surface area contributed by atoms with Crippen LogP contribution in [0.4, 0.5) is 5.69 Å². The van der Waals surface area contributed by atoms with Crippen molar-refractivity contribution in [3.8, 4) is 22.5 Å². The molecule has 0 N–H and O–H groups in total. The summed E-state index contributed by atoms with van der Waals surface area (Å²) in [6.07, 6.45) is 1.23. The number of benzene rings is 2. The number of hydrogen-bond donors (Lipinski definition) is 0. The molecular formula is C30H36N4O2S. The third-order valence-electron chi connectivity index (χ3n) is 7.33. The summed E-state index contributed by atoms with van der Waals surface area (Å²) in [5, 5.41) is 1.10. The molecule has 0 amide bonds. The lowest BCUT2D eigenvalue weighted by molar-refractivity contribution is 0.231. The van der Waals surface area contributed by atoms with Gasteiger partial charge in [-0.05, 0) is 54.8 Å². The Balaban J connectivity index is 1.39. The van der Waals surface area contributed by atoms with E-state index in [9.17, 15) is 8.42 Å². The van der Waals surface area contributed by atoms with E-state index < -0.39 is 9.84 Å². The summed E-state index contributed by atoms with van der Waals surface area (Å²) < 4.78 is 25.9. The molecular weight excluding hydrogens is 480 g/mol. The second-order valence-corrected chi connectivity index (χ2v) is 12.7. The predicted octanol–water partition coefficient (Wildman–Crippen LogP) is 5.40. The highest BCUT2D eigenvalue weighted by atomic mass is 32.2. The molecule has 1 aliphatic heterocycles. The van der Waals surface area contributed by atoms with Crippen molar-refractivity contribution in [1.29, 1.82) is 0 Å². The van der Waals surface area contributed by atoms with Gasteiger partial charge in [-0.3, -0.25) is 9.88 Å². The lowest BCUT2D eigenvalue weighted by Crippen LogP contribution is -2.47. The quantitative estimate of drug-likeness (QED) is 0.344. The number of anilines is 1. The van der Waals surface area contributed by atoms with Crippen LogP contribution in [-0.4, -0.2) is 61.8 Å². The van der Waals surface area contributed by atoms with Gasteiger partial charge in [0.05, 0.1) is 16.1 Å². The molecule has 5 rings (SSSR count). The molecule has 37 heavy (non-hydrogen) atoms. The lowest BCUT2D eigenvalue weighted by Gasteiger charge is -2.36. The summed E-state index contributed by atoms with van der Waals surface area (Å²) in [4.78, 5) is 10.3. The molecule has 4 aromatic rings. The summed E-state index contributed by atoms with van der Waals surface area (Å²) in [6.45, 7) is 12.1. The molecule has 6 nitrogen and oxygen atoms in total. The van der Waals surface area contributed by atoms with Crippen molar-refractivity contribution in [2.75, 3.05) is 43.9 Å². The summed E-state index contributed by atoms with van der Waals surface area (Å²) in [7, 11) is -1.17. The molecule has 1 fully saturated rings. The number of hydrogen-bond acceptors (Lipinski definition) is 5. The Bertz CT molecular complexity index is 1510. The van der Waals surface area contributed by atoms with Gasteiger partial charge in [0, 0.05) is 74.1 Å². The zero-order chi connectivity index (χ0) is 26.3. The van der Waals surface area contributed by atoms with Crippen LogP contribution in [-0.2, 0) is 16.9 Å². The highest BCUT2D eigenvalue weighted by Crippen LogP contribution is 2.32. The van der Waals surface area contributed by atoms with Gasteiger partial charge in [0.1, 0.15) is 0 Å². The first-order valence-corrected chi connectivity index (χ1v) is 14.8. The molecule has 2 aromatic carbocycles. The van der Waals surface area contributed by atoms with Crippen LogP contribution < -0.4 is 4.90 Å². The number of sulfone groups is 1. The number of fused-ring (bicyclic) bond motifs is 1. The van der Waals surface area contributed by atoms with E-state index in [1.165, 1.54) is 18.5 Å². The molecule has 0 bridgehead atoms. The standard InChI is InChI=1S/C30H36N4O2S/c1-21(2)20-33-14-16-34(17-15-33)25-10-6-23(7-11-25)28-19-30-27(22(3)31-28)18-29(32(30)4)24-8-12-26(13-9-24)37(5,35)36/h6-13,18-19,21H,14-17,20H2,1-5H3. The van der Waals surface area contributed by atoms with Gasteiger partial charge in [-0.15, -0.1) is 0 Å². The Morgan fingerprint density at radius 1 is 0.892 bits per heavy atom. The minimum absolute atomic E-state index is 0.330. The topological polar surface area (TPSA) is 58.4 Å². The monoisotopic (exact) mass is 516 g/mol. The van der Waals surface area contributed by atoms with Crippen LogP contribution in [0.15, 0.2) is 65.6 Å². The normalized spacial score (nSPS) is 15.1. The molecule has 0 saturated carbocycles. The van der Waals surface area contributed by atoms with Crippen LogP contribution in [0.25, 0.3) is 33.4 Å². The molecule has 7 heteroatoms. The highest BCUT2D eigenvalue weighted by molar-refractivity contribution is 7.90. The fourth-order valence-corrected chi connectivity index (χ4v) is 5.96. The zero-order valence-electron chi connectivity index (χ0n) is 22.4. The first-order valence-electron chi connectivity index (χ1n) is 13.0. The second-order valence-electron chi connectivity index (χ2n) is 10.6. The zero-order valence-corrected chi connectivity index (χ0v) is 23.2. The minimum atomic E-state index is -3.22. The summed E-state index contributed by atoms with van der Waals surface area (Å²) in [5.74, 6) is 0.708. The number of aromatic nitrogens is 2. The predicted molar refractivity (Wildman–Crippen MR) is 153 cm³/mol. The fourth-order valence-electron chi connectivity index (χ4n) is 5.33. The number of aryl methyl sites for hydroxylation is 2. The van der Waals surface area contributed by atoms with E-state index in [1.54, 1.807) is 12.1 Å². The largest absolute Gasteiger partial charge is 0.369 e. The van der Waals surface area contributed by atoms with Crippen molar-refractivity contribution >= 4 is 26.4 Å². The molecule has 0 unspecified atom stereocenters. The first kappa shape index (κ1) is 25.5. The van der Waals surface area contributed by atoms with Crippen LogP contribution in [0.2, 0.25) is 0 Å². The Hall–Kier alpha value is -3.16. The Kier molecular flexibility index (Phi) is 6.86. The maximum Gasteiger partial charge on any atom is 0.175 e. The number of rotatable bonds is 6. The minimum Gasteiger partial charge on any atom is -0.369 e. The van der Waals surface area contributed by atoms with Crippen molar-refractivity contribution < 1.29 is 8.42 Å². The van der Waals surface area contributed by atoms with Crippen molar-refractivity contribution in [1.82, 2.24) is 14.5 Å². The van der Waals surface area contributed by atoms with Crippen molar-refractivity contribution in [3.05, 3.63) is 66.4 Å². The van der Waals surface area contributed by atoms with Crippen LogP contribution in [0.1, 0.15) is 19.5 Å². The molecule has 1 aliphatic rings. The van der Waals surface area contributed by atoms with E-state index >= 15 is 0 Å². The number of nitrogens with zero attached hydrogens (tertiary/aromatic N) is 4. The van der Waals surface area contributed by atoms with Gasteiger partial charge in [-0.25, -0.2) is 8.42 Å². The summed E-state index contributed by atoms with van der Waals surface area (Å²) >= 11 is 0. The van der Waals surface area contributed by atoms with Crippen molar-refractivity contribution in [3.63, 3.8) is 0 Å². The van der Waals surface area contributed by atoms with E-state index in [2.05, 4.69) is 64.6 Å². The molecule has 194 valence electrons. The maximum absolute atomic E-state index is 11.8. The molecule has 0 spiro atoms. The van der Waals surface area contributed by atoms with Gasteiger partial charge < -0.3 is 9.47 Å². The van der Waals surface area contributed by atoms with E-state index in [0.717, 1.165) is 65.3 Å². The van der Waals surface area contributed by atoms with Gasteiger partial charge >= 0.3 is 0 Å². The van der Waals surface area contributed by atoms with Gasteiger partial charge in [0.2, 0.25) is 0 Å². The van der Waals surface area contributed by atoms with Gasteiger partial charge in [0.15, 0.2) is 9.84 Å². The van der Waals surface area contributed by atoms with Crippen LogP contribution in [0.5, 0.6) is 0 Å². The number of pyridine rings is 1. The average molecular weight is 517 g/mol. The van der Waals surface area contributed by atoms with E-state index in [0.29, 0.717) is 10.8 Å². The second kappa shape index (κ2) is 9.95. The Morgan fingerprint density at radius 2 is 1.51 bits per heavy atom. The average Bonchev–Trinajstić information content (AvgIpc) is 3.21. The van der Waals surface area contributed by atoms with Gasteiger partial charge in [-0.1, -0.05) is 38.1 Å². The van der Waals surface area contributed by atoms with Crippen molar-refractivity contribution in [2.45, 2.75) is 25.7 Å². The first-order chi connectivity index (χ1) is 17.6. The fraction of sp³-hybridized carbons (Fsp3) is 0.367. The summed E-state index contributed by atoms with van der Waals surface area (Å²) in [5.41, 5.74) is 7.42. The molecule has 2 aromatic heterocycles. The lowest BCUT2D eigenvalue weighted by atomic mass is 10.1. The van der Waals surface area contributed by atoms with E-state index in [-0.39, 0.29) is 0 Å². The Morgan fingerprint density at radius 3 is 2.11 bits per heavy atom. The van der Waals surface area contributed by atoms with Gasteiger partial charge in [0.25, 0.3) is 0 Å². The molecule has 0 aliphatic carbocycles. The highest BCUT2D eigenvalue weighted by Gasteiger charge is 2.18. The third kappa shape index (κ3) is 5.29. The third-order valence-corrected chi connectivity index (χ3v) is 8.46. The Labute approximate surface area is 220 Å². The van der Waals surface area contributed by atoms with Crippen LogP contribution in [0.3, 0.4) is 0 Å². The van der Waals surface area contributed by atoms with E-state index in [4.69, 9.17) is 4.98 Å². The van der Waals surface area contributed by atoms with E-state index in [1.807, 2.05) is 26.1 Å². The van der Waals surface area contributed by atoms with Crippen LogP contribution in [0, 0.1) is 12.8 Å². The summed E-state index contributed by atoms with van der Waals surface area (Å²) in [6, 6.07) is 20.2. The smallest absolute Gasteiger partial charge is 0.175 e. The number of piperazine rings is 1. The molecule has 0 radical (unpaired) electrons. The molecule has 0 atom stereocenters. The molecule has 1 saturated heterocycles. The molecule has 3 heterocycles. The maximum atomic E-state index is 11.8. The van der Waals surface area contributed by atoms with Gasteiger partial charge in [-0.2, -0.15) is 0 Å². The SMILES string of the molecule is Cc1nc(-c2ccc(N3CCN(CC(C)C)CC3)cc2)cc2c1cc(-c1ccc(S(C)(=O)=O)cc1)n2C. The van der Waals surface area contributed by atoms with Crippen LogP contribution >= 0.6 is 0 Å².